The molecule has 1 aromatic carbocycles. The van der Waals surface area contributed by atoms with E-state index >= 15 is 0 Å². The summed E-state index contributed by atoms with van der Waals surface area (Å²) in [5.41, 5.74) is 1.18. The Morgan fingerprint density at radius 3 is 3.00 bits per heavy atom. The van der Waals surface area contributed by atoms with Crippen LogP contribution in [0.15, 0.2) is 24.3 Å². The van der Waals surface area contributed by atoms with E-state index in [1.165, 1.54) is 5.56 Å². The molecule has 21 heavy (non-hydrogen) atoms. The average Bonchev–Trinajstić information content (AvgIpc) is 2.93. The highest BCUT2D eigenvalue weighted by Crippen LogP contribution is 2.19. The van der Waals surface area contributed by atoms with Crippen molar-refractivity contribution in [3.05, 3.63) is 29.8 Å². The molecular weight excluding hydrogens is 270 g/mol. The molecule has 5 heteroatoms. The van der Waals surface area contributed by atoms with Crippen LogP contribution in [0.3, 0.4) is 0 Å². The first-order chi connectivity index (χ1) is 10.1. The van der Waals surface area contributed by atoms with Gasteiger partial charge in [-0.2, -0.15) is 0 Å². The van der Waals surface area contributed by atoms with Gasteiger partial charge in [-0.15, -0.1) is 0 Å². The van der Waals surface area contributed by atoms with E-state index < -0.39 is 11.9 Å². The van der Waals surface area contributed by atoms with Crippen LogP contribution in [-0.4, -0.2) is 55.4 Å². The lowest BCUT2D eigenvalue weighted by atomic mass is 10.0. The average molecular weight is 293 g/mol. The summed E-state index contributed by atoms with van der Waals surface area (Å²) in [7, 11) is 1.95. The Morgan fingerprint density at radius 1 is 1.48 bits per heavy atom. The molecule has 1 fully saturated rings. The lowest BCUT2D eigenvalue weighted by Gasteiger charge is -2.25. The molecule has 1 saturated heterocycles. The van der Waals surface area contributed by atoms with Crippen LogP contribution in [0.4, 0.5) is 0 Å². The Bertz CT molecular complexity index is 477. The number of aliphatic carboxylic acids is 1. The summed E-state index contributed by atoms with van der Waals surface area (Å²) in [6, 6.07) is 7.93. The van der Waals surface area contributed by atoms with E-state index in [1.54, 1.807) is 0 Å². The van der Waals surface area contributed by atoms with Gasteiger partial charge in [-0.1, -0.05) is 12.1 Å². The van der Waals surface area contributed by atoms with Crippen LogP contribution in [0, 0.1) is 12.8 Å². The Hall–Kier alpha value is -1.59. The minimum atomic E-state index is -0.777. The van der Waals surface area contributed by atoms with Crippen molar-refractivity contribution >= 4 is 5.97 Å². The van der Waals surface area contributed by atoms with E-state index in [9.17, 15) is 4.79 Å². The van der Waals surface area contributed by atoms with Gasteiger partial charge in [0.25, 0.3) is 0 Å². The predicted octanol–water partition coefficient (Wildman–Crippen LogP) is 1.80. The van der Waals surface area contributed by atoms with Crippen molar-refractivity contribution in [1.29, 1.82) is 0 Å². The van der Waals surface area contributed by atoms with Gasteiger partial charge < -0.3 is 19.5 Å². The van der Waals surface area contributed by atoms with Gasteiger partial charge in [-0.05, 0) is 38.1 Å². The Morgan fingerprint density at radius 2 is 2.29 bits per heavy atom. The van der Waals surface area contributed by atoms with Gasteiger partial charge in [0.1, 0.15) is 5.75 Å². The van der Waals surface area contributed by atoms with Crippen LogP contribution >= 0.6 is 0 Å². The molecule has 1 aliphatic rings. The maximum Gasteiger partial charge on any atom is 0.310 e. The smallest absolute Gasteiger partial charge is 0.310 e. The van der Waals surface area contributed by atoms with Crippen molar-refractivity contribution < 1.29 is 19.4 Å². The lowest BCUT2D eigenvalue weighted by Crippen LogP contribution is -2.41. The van der Waals surface area contributed by atoms with E-state index in [0.29, 0.717) is 19.8 Å². The molecule has 0 amide bonds. The number of carboxylic acid groups (broad SMARTS) is 1. The molecule has 0 aromatic heterocycles. The summed E-state index contributed by atoms with van der Waals surface area (Å²) in [5, 5.41) is 9.15. The topological polar surface area (TPSA) is 59.0 Å². The van der Waals surface area contributed by atoms with Crippen LogP contribution in [0.25, 0.3) is 0 Å². The molecule has 5 nitrogen and oxygen atoms in total. The number of aryl methyl sites for hydroxylation is 1. The first-order valence-electron chi connectivity index (χ1n) is 7.28. The second-order valence-electron chi connectivity index (χ2n) is 5.55. The molecule has 1 aromatic rings. The Balaban J connectivity index is 1.72. The number of hydrogen-bond acceptors (Lipinski definition) is 4. The molecule has 1 heterocycles. The standard InChI is InChI=1S/C16H23NO4/c1-12-5-3-6-13(9-12)21-8-4-7-17(2)15-11-20-10-14(15)16(18)19/h3,5-6,9,14-15H,4,7-8,10-11H2,1-2H3,(H,18,19). The normalized spacial score (nSPS) is 21.7. The lowest BCUT2D eigenvalue weighted by molar-refractivity contribution is -0.143. The second kappa shape index (κ2) is 7.43. The van der Waals surface area contributed by atoms with Crippen molar-refractivity contribution in [2.75, 3.05) is 33.4 Å². The van der Waals surface area contributed by atoms with E-state index in [4.69, 9.17) is 14.6 Å². The summed E-state index contributed by atoms with van der Waals surface area (Å²) in [5.74, 6) is -0.321. The van der Waals surface area contributed by atoms with E-state index in [1.807, 2.05) is 38.2 Å². The SMILES string of the molecule is Cc1cccc(OCCCN(C)C2COCC2C(=O)O)c1. The monoisotopic (exact) mass is 293 g/mol. The molecule has 0 aliphatic carbocycles. The van der Waals surface area contributed by atoms with Crippen molar-refractivity contribution in [2.24, 2.45) is 5.92 Å². The fraction of sp³-hybridized carbons (Fsp3) is 0.562. The molecule has 1 N–H and O–H groups in total. The summed E-state index contributed by atoms with van der Waals surface area (Å²) in [6.07, 6.45) is 0.854. The maximum atomic E-state index is 11.1. The quantitative estimate of drug-likeness (QED) is 0.777. The summed E-state index contributed by atoms with van der Waals surface area (Å²) < 4.78 is 11.0. The molecular formula is C16H23NO4. The first kappa shape index (κ1) is 15.8. The van der Waals surface area contributed by atoms with Gasteiger partial charge in [0.15, 0.2) is 0 Å². The van der Waals surface area contributed by atoms with Gasteiger partial charge in [-0.25, -0.2) is 0 Å². The Labute approximate surface area is 125 Å². The molecule has 116 valence electrons. The third-order valence-electron chi connectivity index (χ3n) is 3.85. The summed E-state index contributed by atoms with van der Waals surface area (Å²) in [4.78, 5) is 13.2. The number of nitrogens with zero attached hydrogens (tertiary/aromatic N) is 1. The molecule has 0 saturated carbocycles. The summed E-state index contributed by atoms with van der Waals surface area (Å²) in [6.45, 7) is 4.26. The van der Waals surface area contributed by atoms with Crippen LogP contribution in [-0.2, 0) is 9.53 Å². The number of likely N-dealkylation sites (N-methyl/N-ethyl adjacent to an activating group) is 1. The number of rotatable bonds is 7. The highest BCUT2D eigenvalue weighted by atomic mass is 16.5. The van der Waals surface area contributed by atoms with E-state index in [0.717, 1.165) is 18.7 Å². The molecule has 0 radical (unpaired) electrons. The van der Waals surface area contributed by atoms with E-state index in [-0.39, 0.29) is 6.04 Å². The number of carbonyl (C=O) groups is 1. The minimum absolute atomic E-state index is 0.0403. The fourth-order valence-corrected chi connectivity index (χ4v) is 2.59. The number of hydrogen-bond donors (Lipinski definition) is 1. The molecule has 2 rings (SSSR count). The van der Waals surface area contributed by atoms with Crippen LogP contribution in [0.5, 0.6) is 5.75 Å². The molecule has 0 spiro atoms. The fourth-order valence-electron chi connectivity index (χ4n) is 2.59. The van der Waals surface area contributed by atoms with Crippen molar-refractivity contribution in [1.82, 2.24) is 4.90 Å². The zero-order valence-corrected chi connectivity index (χ0v) is 12.6. The maximum absolute atomic E-state index is 11.1. The van der Waals surface area contributed by atoms with Crippen molar-refractivity contribution in [3.8, 4) is 5.75 Å². The van der Waals surface area contributed by atoms with Gasteiger partial charge in [-0.3, -0.25) is 4.79 Å². The van der Waals surface area contributed by atoms with Gasteiger partial charge in [0.2, 0.25) is 0 Å². The third kappa shape index (κ3) is 4.44. The first-order valence-corrected chi connectivity index (χ1v) is 7.28. The van der Waals surface area contributed by atoms with Gasteiger partial charge >= 0.3 is 5.97 Å². The van der Waals surface area contributed by atoms with Gasteiger partial charge in [0, 0.05) is 12.6 Å². The largest absolute Gasteiger partial charge is 0.494 e. The molecule has 1 aliphatic heterocycles. The summed E-state index contributed by atoms with van der Waals surface area (Å²) >= 11 is 0. The zero-order chi connectivity index (χ0) is 15.2. The van der Waals surface area contributed by atoms with Gasteiger partial charge in [0.05, 0.1) is 25.7 Å². The van der Waals surface area contributed by atoms with Crippen LogP contribution in [0.1, 0.15) is 12.0 Å². The number of ether oxygens (including phenoxy) is 2. The van der Waals surface area contributed by atoms with Crippen LogP contribution in [0.2, 0.25) is 0 Å². The van der Waals surface area contributed by atoms with Crippen molar-refractivity contribution in [2.45, 2.75) is 19.4 Å². The highest BCUT2D eigenvalue weighted by molar-refractivity contribution is 5.71. The molecule has 2 unspecified atom stereocenters. The minimum Gasteiger partial charge on any atom is -0.494 e. The third-order valence-corrected chi connectivity index (χ3v) is 3.85. The molecule has 2 atom stereocenters. The Kier molecular flexibility index (Phi) is 5.59. The van der Waals surface area contributed by atoms with E-state index in [2.05, 4.69) is 4.90 Å². The molecule has 0 bridgehead atoms. The number of carboxylic acids is 1. The number of benzene rings is 1. The predicted molar refractivity (Wildman–Crippen MR) is 79.7 cm³/mol. The second-order valence-corrected chi connectivity index (χ2v) is 5.55. The van der Waals surface area contributed by atoms with Crippen molar-refractivity contribution in [3.63, 3.8) is 0 Å². The van der Waals surface area contributed by atoms with Crippen LogP contribution < -0.4 is 4.74 Å². The highest BCUT2D eigenvalue weighted by Gasteiger charge is 2.36. The zero-order valence-electron chi connectivity index (χ0n) is 12.6.